The number of amides is 2. The Kier molecular flexibility index (Phi) is 6.33. The number of carbonyl (C=O) groups excluding carboxylic acids is 2. The van der Waals surface area contributed by atoms with Gasteiger partial charge in [0.15, 0.2) is 0 Å². The number of ether oxygens (including phenoxy) is 1. The second-order valence-corrected chi connectivity index (χ2v) is 6.66. The average molecular weight is 336 g/mol. The smallest absolute Gasteiger partial charge is 0.243 e. The fourth-order valence-electron chi connectivity index (χ4n) is 2.48. The van der Waals surface area contributed by atoms with Gasteiger partial charge in [0, 0.05) is 23.8 Å². The molecule has 1 aromatic rings. The highest BCUT2D eigenvalue weighted by atomic mass is 32.2. The number of hydrogen-bond donors (Lipinski definition) is 1. The molecule has 126 valence electrons. The molecule has 1 saturated heterocycles. The molecular weight excluding hydrogens is 312 g/mol. The number of thioether (sulfide) groups is 1. The zero-order chi connectivity index (χ0) is 16.8. The molecule has 1 aromatic carbocycles. The lowest BCUT2D eigenvalue weighted by Gasteiger charge is -2.25. The van der Waals surface area contributed by atoms with E-state index in [9.17, 15) is 9.59 Å². The molecule has 0 aromatic heterocycles. The summed E-state index contributed by atoms with van der Waals surface area (Å²) in [5.41, 5.74) is 0.925. The zero-order valence-electron chi connectivity index (χ0n) is 13.9. The van der Waals surface area contributed by atoms with E-state index in [2.05, 4.69) is 5.32 Å². The van der Waals surface area contributed by atoms with Crippen molar-refractivity contribution in [3.63, 3.8) is 0 Å². The molecule has 0 bridgehead atoms. The standard InChI is InChI=1S/C17H24N2O3S/c1-4-12(2)17(21)19-11-23-10-14(19)16(20)18-9-13-7-5-6-8-15(13)22-3/h5-8,12,14H,4,9-11H2,1-3H3,(H,18,20)/t12-,14-/m1/s1. The predicted octanol–water partition coefficient (Wildman–Crippen LogP) is 2.26. The van der Waals surface area contributed by atoms with Crippen LogP contribution in [0.4, 0.5) is 0 Å². The van der Waals surface area contributed by atoms with Gasteiger partial charge in [0.1, 0.15) is 11.8 Å². The number of nitrogens with zero attached hydrogens (tertiary/aromatic N) is 1. The number of hydrogen-bond acceptors (Lipinski definition) is 4. The van der Waals surface area contributed by atoms with Crippen molar-refractivity contribution in [2.45, 2.75) is 32.9 Å². The van der Waals surface area contributed by atoms with Crippen LogP contribution in [-0.4, -0.2) is 41.5 Å². The quantitative estimate of drug-likeness (QED) is 0.866. The van der Waals surface area contributed by atoms with Gasteiger partial charge in [0.2, 0.25) is 11.8 Å². The molecule has 2 atom stereocenters. The van der Waals surface area contributed by atoms with E-state index < -0.39 is 0 Å². The van der Waals surface area contributed by atoms with Crippen molar-refractivity contribution >= 4 is 23.6 Å². The molecule has 1 heterocycles. The van der Waals surface area contributed by atoms with Crippen LogP contribution in [0.5, 0.6) is 5.75 Å². The van der Waals surface area contributed by atoms with Crippen LogP contribution in [0.3, 0.4) is 0 Å². The fraction of sp³-hybridized carbons (Fsp3) is 0.529. The Bertz CT molecular complexity index is 565. The van der Waals surface area contributed by atoms with E-state index in [-0.39, 0.29) is 23.8 Å². The first-order valence-corrected chi connectivity index (χ1v) is 9.01. The van der Waals surface area contributed by atoms with Crippen LogP contribution in [0.25, 0.3) is 0 Å². The minimum atomic E-state index is -0.379. The first-order chi connectivity index (χ1) is 11.1. The van der Waals surface area contributed by atoms with Crippen LogP contribution in [0.15, 0.2) is 24.3 Å². The van der Waals surface area contributed by atoms with Crippen molar-refractivity contribution in [1.82, 2.24) is 10.2 Å². The number of para-hydroxylation sites is 1. The number of nitrogens with one attached hydrogen (secondary N) is 1. The molecule has 0 spiro atoms. The van der Waals surface area contributed by atoms with Gasteiger partial charge in [-0.15, -0.1) is 11.8 Å². The van der Waals surface area contributed by atoms with E-state index in [1.807, 2.05) is 38.1 Å². The SMILES string of the molecule is CC[C@@H](C)C(=O)N1CSC[C@@H]1C(=O)NCc1ccccc1OC. The Morgan fingerprint density at radius 2 is 2.17 bits per heavy atom. The highest BCUT2D eigenvalue weighted by Crippen LogP contribution is 2.24. The first kappa shape index (κ1) is 17.7. The van der Waals surface area contributed by atoms with E-state index in [1.54, 1.807) is 23.8 Å². The Morgan fingerprint density at radius 3 is 2.87 bits per heavy atom. The molecule has 0 saturated carbocycles. The lowest BCUT2D eigenvalue weighted by atomic mass is 10.1. The molecule has 5 nitrogen and oxygen atoms in total. The van der Waals surface area contributed by atoms with Crippen LogP contribution in [0, 0.1) is 5.92 Å². The Balaban J connectivity index is 1.98. The number of benzene rings is 1. The van der Waals surface area contributed by atoms with Crippen LogP contribution >= 0.6 is 11.8 Å². The molecule has 0 aliphatic carbocycles. The van der Waals surface area contributed by atoms with Crippen molar-refractivity contribution in [3.8, 4) is 5.75 Å². The third-order valence-corrected chi connectivity index (χ3v) is 5.16. The largest absolute Gasteiger partial charge is 0.496 e. The Morgan fingerprint density at radius 1 is 1.43 bits per heavy atom. The third-order valence-electron chi connectivity index (χ3n) is 4.15. The summed E-state index contributed by atoms with van der Waals surface area (Å²) < 4.78 is 5.29. The average Bonchev–Trinajstić information content (AvgIpc) is 3.08. The molecule has 0 radical (unpaired) electrons. The highest BCUT2D eigenvalue weighted by Gasteiger charge is 2.35. The normalized spacial score (nSPS) is 18.6. The van der Waals surface area contributed by atoms with Crippen molar-refractivity contribution < 1.29 is 14.3 Å². The Hall–Kier alpha value is -1.69. The summed E-state index contributed by atoms with van der Waals surface area (Å²) in [6.45, 7) is 4.30. The molecule has 2 amide bonds. The highest BCUT2D eigenvalue weighted by molar-refractivity contribution is 7.99. The summed E-state index contributed by atoms with van der Waals surface area (Å²) in [5.74, 6) is 1.92. The second-order valence-electron chi connectivity index (χ2n) is 5.66. The molecule has 1 fully saturated rings. The van der Waals surface area contributed by atoms with Gasteiger partial charge in [-0.1, -0.05) is 32.0 Å². The van der Waals surface area contributed by atoms with Crippen molar-refractivity contribution in [1.29, 1.82) is 0 Å². The summed E-state index contributed by atoms with van der Waals surface area (Å²) in [6, 6.07) is 7.21. The minimum absolute atomic E-state index is 0.0433. The van der Waals surface area contributed by atoms with Crippen molar-refractivity contribution in [3.05, 3.63) is 29.8 Å². The number of rotatable bonds is 6. The maximum Gasteiger partial charge on any atom is 0.243 e. The molecule has 1 N–H and O–H groups in total. The first-order valence-electron chi connectivity index (χ1n) is 7.86. The van der Waals surface area contributed by atoms with E-state index in [4.69, 9.17) is 4.74 Å². The summed E-state index contributed by atoms with van der Waals surface area (Å²) in [5, 5.41) is 2.93. The Labute approximate surface area is 141 Å². The van der Waals surface area contributed by atoms with Crippen molar-refractivity contribution in [2.75, 3.05) is 18.7 Å². The van der Waals surface area contributed by atoms with Crippen LogP contribution in [-0.2, 0) is 16.1 Å². The third kappa shape index (κ3) is 4.19. The van der Waals surface area contributed by atoms with Crippen LogP contribution < -0.4 is 10.1 Å². The molecular formula is C17H24N2O3S. The summed E-state index contributed by atoms with van der Waals surface area (Å²) in [7, 11) is 1.61. The topological polar surface area (TPSA) is 58.6 Å². The van der Waals surface area contributed by atoms with Gasteiger partial charge in [0.05, 0.1) is 13.0 Å². The van der Waals surface area contributed by atoms with E-state index in [0.29, 0.717) is 18.2 Å². The predicted molar refractivity (Wildman–Crippen MR) is 92.3 cm³/mol. The molecule has 1 aliphatic rings. The maximum absolute atomic E-state index is 12.5. The monoisotopic (exact) mass is 336 g/mol. The lowest BCUT2D eigenvalue weighted by molar-refractivity contribution is -0.140. The van der Waals surface area contributed by atoms with Gasteiger partial charge < -0.3 is 15.0 Å². The van der Waals surface area contributed by atoms with Gasteiger partial charge >= 0.3 is 0 Å². The summed E-state index contributed by atoms with van der Waals surface area (Å²) in [4.78, 5) is 26.6. The molecule has 23 heavy (non-hydrogen) atoms. The zero-order valence-corrected chi connectivity index (χ0v) is 14.7. The molecule has 1 aliphatic heterocycles. The lowest BCUT2D eigenvalue weighted by Crippen LogP contribution is -2.48. The molecule has 2 rings (SSSR count). The number of carbonyl (C=O) groups is 2. The minimum Gasteiger partial charge on any atom is -0.496 e. The summed E-state index contributed by atoms with van der Waals surface area (Å²) >= 11 is 1.62. The van der Waals surface area contributed by atoms with Gasteiger partial charge in [-0.25, -0.2) is 0 Å². The fourth-order valence-corrected chi connectivity index (χ4v) is 3.65. The van der Waals surface area contributed by atoms with Crippen molar-refractivity contribution in [2.24, 2.45) is 5.92 Å². The number of methoxy groups -OCH3 is 1. The molecule has 6 heteroatoms. The van der Waals surface area contributed by atoms with Gasteiger partial charge in [-0.2, -0.15) is 0 Å². The van der Waals surface area contributed by atoms with E-state index in [1.165, 1.54) is 0 Å². The van der Waals surface area contributed by atoms with Crippen LogP contribution in [0.2, 0.25) is 0 Å². The van der Waals surface area contributed by atoms with Crippen LogP contribution in [0.1, 0.15) is 25.8 Å². The van der Waals surface area contributed by atoms with Gasteiger partial charge in [-0.05, 0) is 12.5 Å². The maximum atomic E-state index is 12.5. The van der Waals surface area contributed by atoms with E-state index >= 15 is 0 Å². The second kappa shape index (κ2) is 8.24. The van der Waals surface area contributed by atoms with Gasteiger partial charge in [-0.3, -0.25) is 9.59 Å². The van der Waals surface area contributed by atoms with Gasteiger partial charge in [0.25, 0.3) is 0 Å². The molecule has 0 unspecified atom stereocenters. The summed E-state index contributed by atoms with van der Waals surface area (Å²) in [6.07, 6.45) is 0.787. The van der Waals surface area contributed by atoms with E-state index in [0.717, 1.165) is 17.7 Å².